The van der Waals surface area contributed by atoms with E-state index in [4.69, 9.17) is 10.5 Å². The molecule has 6 rings (SSSR count). The predicted octanol–water partition coefficient (Wildman–Crippen LogP) is 4.03. The van der Waals surface area contributed by atoms with E-state index in [1.165, 1.54) is 0 Å². The molecule has 0 spiro atoms. The van der Waals surface area contributed by atoms with Crippen LogP contribution >= 0.6 is 0 Å². The number of benzene rings is 2. The Bertz CT molecular complexity index is 1570. The number of nitrogens with two attached hydrogens (primary N) is 1. The maximum absolute atomic E-state index is 13.6. The molecule has 262 valence electrons. The highest BCUT2D eigenvalue weighted by atomic mass is 16.5. The van der Waals surface area contributed by atoms with Crippen LogP contribution in [0.2, 0.25) is 0 Å². The van der Waals surface area contributed by atoms with Gasteiger partial charge in [-0.3, -0.25) is 14.7 Å². The molecule has 12 heteroatoms. The third-order valence-corrected chi connectivity index (χ3v) is 9.84. The van der Waals surface area contributed by atoms with Crippen LogP contribution in [0.15, 0.2) is 60.9 Å². The second kappa shape index (κ2) is 15.3. The third kappa shape index (κ3) is 8.72. The molecular formula is C37H50N8O4. The number of nitrogens with one attached hydrogen (secondary N) is 3. The zero-order valence-electron chi connectivity index (χ0n) is 28.7. The van der Waals surface area contributed by atoms with Crippen molar-refractivity contribution in [2.24, 2.45) is 5.73 Å². The van der Waals surface area contributed by atoms with Crippen LogP contribution in [-0.4, -0.2) is 94.3 Å². The minimum Gasteiger partial charge on any atom is -0.478 e. The lowest BCUT2D eigenvalue weighted by atomic mass is 10.0. The zero-order chi connectivity index (χ0) is 34.4. The molecule has 1 unspecified atom stereocenters. The molecule has 3 aromatic rings. The van der Waals surface area contributed by atoms with Gasteiger partial charge in [0.1, 0.15) is 5.75 Å². The largest absolute Gasteiger partial charge is 0.478 e. The summed E-state index contributed by atoms with van der Waals surface area (Å²) in [5.41, 5.74) is 8.73. The maximum atomic E-state index is 13.6. The molecule has 3 aliphatic rings. The van der Waals surface area contributed by atoms with Gasteiger partial charge in [-0.1, -0.05) is 30.3 Å². The molecule has 2 saturated heterocycles. The van der Waals surface area contributed by atoms with Crippen molar-refractivity contribution in [3.8, 4) is 16.9 Å². The predicted molar refractivity (Wildman–Crippen MR) is 189 cm³/mol. The van der Waals surface area contributed by atoms with E-state index in [-0.39, 0.29) is 42.5 Å². The van der Waals surface area contributed by atoms with E-state index < -0.39 is 5.60 Å². The smallest absolute Gasteiger partial charge is 0.318 e. The first-order chi connectivity index (χ1) is 23.7. The Kier molecular flexibility index (Phi) is 10.7. The van der Waals surface area contributed by atoms with Crippen LogP contribution in [0.5, 0.6) is 5.75 Å². The molecule has 4 amide bonds. The highest BCUT2D eigenvalue weighted by molar-refractivity contribution is 5.89. The fraction of sp³-hybridized carbons (Fsp3) is 0.514. The van der Waals surface area contributed by atoms with Gasteiger partial charge in [0, 0.05) is 67.8 Å². The molecule has 0 bridgehead atoms. The molecule has 1 aliphatic carbocycles. The molecule has 5 N–H and O–H groups in total. The quantitative estimate of drug-likeness (QED) is 0.215. The van der Waals surface area contributed by atoms with Crippen LogP contribution in [0.25, 0.3) is 11.1 Å². The van der Waals surface area contributed by atoms with Crippen LogP contribution in [-0.2, 0) is 16.1 Å². The Morgan fingerprint density at radius 1 is 1.04 bits per heavy atom. The molecule has 1 aromatic heterocycles. The van der Waals surface area contributed by atoms with Crippen molar-refractivity contribution in [1.82, 2.24) is 30.6 Å². The molecule has 1 saturated carbocycles. The van der Waals surface area contributed by atoms with E-state index in [1.807, 2.05) is 40.3 Å². The summed E-state index contributed by atoms with van der Waals surface area (Å²) < 4.78 is 6.19. The van der Waals surface area contributed by atoms with E-state index in [0.29, 0.717) is 31.9 Å². The maximum Gasteiger partial charge on any atom is 0.318 e. The van der Waals surface area contributed by atoms with Crippen molar-refractivity contribution in [1.29, 1.82) is 0 Å². The number of ether oxygens (including phenoxy) is 1. The average molecular weight is 671 g/mol. The topological polar surface area (TPSA) is 149 Å². The van der Waals surface area contributed by atoms with E-state index >= 15 is 0 Å². The lowest BCUT2D eigenvalue weighted by Gasteiger charge is -2.36. The van der Waals surface area contributed by atoms with Crippen LogP contribution < -0.4 is 26.0 Å². The average Bonchev–Trinajstić information content (AvgIpc) is 3.56. The van der Waals surface area contributed by atoms with Gasteiger partial charge >= 0.3 is 6.03 Å². The molecule has 3 heterocycles. The number of carbonyl (C=O) groups is 3. The van der Waals surface area contributed by atoms with Crippen LogP contribution in [0.3, 0.4) is 0 Å². The van der Waals surface area contributed by atoms with E-state index in [1.54, 1.807) is 20.0 Å². The Labute approximate surface area is 288 Å². The van der Waals surface area contributed by atoms with Gasteiger partial charge in [-0.15, -0.1) is 0 Å². The zero-order valence-corrected chi connectivity index (χ0v) is 28.7. The summed E-state index contributed by atoms with van der Waals surface area (Å²) in [7, 11) is 0. The van der Waals surface area contributed by atoms with Crippen molar-refractivity contribution in [2.75, 3.05) is 37.6 Å². The van der Waals surface area contributed by atoms with E-state index in [2.05, 4.69) is 50.0 Å². The van der Waals surface area contributed by atoms with Crippen molar-refractivity contribution >= 4 is 23.5 Å². The minimum atomic E-state index is -1.19. The van der Waals surface area contributed by atoms with Crippen molar-refractivity contribution in [3.63, 3.8) is 0 Å². The van der Waals surface area contributed by atoms with E-state index in [9.17, 15) is 14.4 Å². The second-order valence-electron chi connectivity index (χ2n) is 14.0. The van der Waals surface area contributed by atoms with Crippen molar-refractivity contribution in [2.45, 2.75) is 89.1 Å². The van der Waals surface area contributed by atoms with Gasteiger partial charge in [-0.2, -0.15) is 5.10 Å². The van der Waals surface area contributed by atoms with Crippen LogP contribution in [0.1, 0.15) is 64.4 Å². The third-order valence-electron chi connectivity index (χ3n) is 9.84. The first-order valence-electron chi connectivity index (χ1n) is 17.7. The highest BCUT2D eigenvalue weighted by Gasteiger charge is 2.35. The summed E-state index contributed by atoms with van der Waals surface area (Å²) in [6.07, 6.45) is 10.3. The Balaban J connectivity index is 1.01. The number of piperidine rings is 1. The molecule has 2 aliphatic heterocycles. The van der Waals surface area contributed by atoms with E-state index in [0.717, 1.165) is 73.9 Å². The fourth-order valence-corrected chi connectivity index (χ4v) is 6.96. The van der Waals surface area contributed by atoms with Crippen molar-refractivity contribution < 1.29 is 19.1 Å². The molecule has 2 atom stereocenters. The number of nitrogens with zero attached hydrogens (tertiary/aromatic N) is 4. The second-order valence-corrected chi connectivity index (χ2v) is 14.0. The molecular weight excluding hydrogens is 620 g/mol. The molecule has 2 aromatic carbocycles. The van der Waals surface area contributed by atoms with Crippen molar-refractivity contribution in [3.05, 3.63) is 66.5 Å². The number of amides is 4. The number of aromatic amines is 1. The summed E-state index contributed by atoms with van der Waals surface area (Å²) >= 11 is 0. The van der Waals surface area contributed by atoms with Gasteiger partial charge in [0.15, 0.2) is 5.60 Å². The molecule has 49 heavy (non-hydrogen) atoms. The monoisotopic (exact) mass is 670 g/mol. The number of aromatic nitrogens is 2. The summed E-state index contributed by atoms with van der Waals surface area (Å²) in [5.74, 6) is 0.126. The number of hydrogen-bond acceptors (Lipinski definition) is 7. The van der Waals surface area contributed by atoms with Gasteiger partial charge in [0.2, 0.25) is 5.91 Å². The number of likely N-dealkylation sites (tertiary alicyclic amines) is 1. The Morgan fingerprint density at radius 3 is 2.57 bits per heavy atom. The lowest BCUT2D eigenvalue weighted by molar-refractivity contribution is -0.138. The van der Waals surface area contributed by atoms with Gasteiger partial charge < -0.3 is 35.8 Å². The Hall–Kier alpha value is -4.58. The highest BCUT2D eigenvalue weighted by Crippen LogP contribution is 2.30. The fourth-order valence-electron chi connectivity index (χ4n) is 6.96. The number of carbonyl (C=O) groups excluding carboxylic acids is 3. The number of hydrogen-bond donors (Lipinski definition) is 4. The lowest BCUT2D eigenvalue weighted by Crippen LogP contribution is -2.52. The molecule has 3 fully saturated rings. The normalized spacial score (nSPS) is 19.4. The molecule has 0 radical (unpaired) electrons. The van der Waals surface area contributed by atoms with Gasteiger partial charge in [-0.05, 0) is 88.6 Å². The summed E-state index contributed by atoms with van der Waals surface area (Å²) in [6, 6.07) is 16.5. The van der Waals surface area contributed by atoms with Gasteiger partial charge in [0.25, 0.3) is 5.91 Å². The summed E-state index contributed by atoms with van der Waals surface area (Å²) in [6.45, 7) is 6.70. The number of rotatable bonds is 13. The Morgan fingerprint density at radius 2 is 1.84 bits per heavy atom. The first kappa shape index (κ1) is 34.3. The number of anilines is 1. The SMILES string of the molecule is CC(C)(Oc1cccc(N2CCC[C@@H](NC(=O)N(Cc3ccc(-c4cn[nH]c4)cc3)C3CC3)C2)c1)C(=O)NCC(=O)N1CCCC1CCN. The van der Waals surface area contributed by atoms with Gasteiger partial charge in [-0.25, -0.2) is 4.79 Å². The summed E-state index contributed by atoms with van der Waals surface area (Å²) in [5, 5.41) is 13.0. The van der Waals surface area contributed by atoms with Crippen LogP contribution in [0, 0.1) is 0 Å². The standard InChI is InChI=1S/C37H50N8O4/c1-37(2,35(47)39-23-34(46)44-19-5-8-30(44)16-17-38)49-33-9-3-7-32(20-33)43-18-4-6-29(25-43)42-36(48)45(31-14-15-31)24-26-10-12-27(13-11-26)28-21-40-41-22-28/h3,7,9-13,20-22,29-31H,4-6,8,14-19,23-25,38H2,1-2H3,(H,39,47)(H,40,41)(H,42,48)/t29-,30?/m1/s1. The molecule has 12 nitrogen and oxygen atoms in total. The summed E-state index contributed by atoms with van der Waals surface area (Å²) in [4.78, 5) is 45.6. The van der Waals surface area contributed by atoms with Gasteiger partial charge in [0.05, 0.1) is 12.7 Å². The van der Waals surface area contributed by atoms with Crippen LogP contribution in [0.4, 0.5) is 10.5 Å². The number of H-pyrrole nitrogens is 1. The minimum absolute atomic E-state index is 0.00959. The first-order valence-corrected chi connectivity index (χ1v) is 17.7. The number of urea groups is 1.